The van der Waals surface area contributed by atoms with Crippen LogP contribution in [0.25, 0.3) is 0 Å². The number of nitrogens with one attached hydrogen (secondary N) is 2. The van der Waals surface area contributed by atoms with Crippen LogP contribution in [0.4, 0.5) is 21.9 Å². The summed E-state index contributed by atoms with van der Waals surface area (Å²) in [5.74, 6) is 0. The molecule has 1 aromatic carbocycles. The van der Waals surface area contributed by atoms with Crippen LogP contribution in [-0.2, 0) is 10.2 Å². The molecule has 0 saturated heterocycles. The number of amides is 2. The molecule has 1 heterocycles. The molecule has 3 rings (SSSR count). The molecular formula is C15H22N4O3S. The van der Waals surface area contributed by atoms with E-state index in [1.165, 1.54) is 29.1 Å². The van der Waals surface area contributed by atoms with E-state index in [9.17, 15) is 13.2 Å². The minimum Gasteiger partial charge on any atom is -0.335 e. The first kappa shape index (κ1) is 15.9. The zero-order chi connectivity index (χ0) is 16.6. The van der Waals surface area contributed by atoms with E-state index in [-0.39, 0.29) is 12.1 Å². The molecule has 0 unspecified atom stereocenters. The topological polar surface area (TPSA) is 81.8 Å². The molecule has 2 aliphatic rings. The van der Waals surface area contributed by atoms with Gasteiger partial charge in [0.2, 0.25) is 0 Å². The number of fused-ring (bicyclic) bond motifs is 1. The van der Waals surface area contributed by atoms with Crippen LogP contribution < -0.4 is 19.2 Å². The van der Waals surface area contributed by atoms with Crippen molar-refractivity contribution in [3.63, 3.8) is 0 Å². The highest BCUT2D eigenvalue weighted by Gasteiger charge is 2.35. The molecule has 0 atom stereocenters. The van der Waals surface area contributed by atoms with E-state index >= 15 is 0 Å². The number of hydrogen-bond acceptors (Lipinski definition) is 3. The normalized spacial score (nSPS) is 20.3. The first-order valence-corrected chi connectivity index (χ1v) is 9.23. The summed E-state index contributed by atoms with van der Waals surface area (Å²) in [6, 6.07) is 5.08. The Hall–Kier alpha value is -1.96. The number of nitrogens with zero attached hydrogens (tertiary/aromatic N) is 2. The lowest BCUT2D eigenvalue weighted by Crippen LogP contribution is -2.39. The van der Waals surface area contributed by atoms with Crippen LogP contribution in [0.3, 0.4) is 0 Å². The van der Waals surface area contributed by atoms with Crippen molar-refractivity contribution in [2.24, 2.45) is 0 Å². The van der Waals surface area contributed by atoms with Crippen LogP contribution in [-0.4, -0.2) is 34.6 Å². The van der Waals surface area contributed by atoms with Gasteiger partial charge in [-0.05, 0) is 31.0 Å². The molecule has 0 spiro atoms. The molecule has 2 N–H and O–H groups in total. The lowest BCUT2D eigenvalue weighted by molar-refractivity contribution is 0.244. The average molecular weight is 338 g/mol. The van der Waals surface area contributed by atoms with Gasteiger partial charge in [0.1, 0.15) is 0 Å². The highest BCUT2D eigenvalue weighted by molar-refractivity contribution is 7.94. The van der Waals surface area contributed by atoms with Crippen molar-refractivity contribution in [1.29, 1.82) is 0 Å². The Morgan fingerprint density at radius 2 is 1.74 bits per heavy atom. The van der Waals surface area contributed by atoms with Crippen LogP contribution in [0.5, 0.6) is 0 Å². The van der Waals surface area contributed by atoms with Crippen molar-refractivity contribution in [3.8, 4) is 0 Å². The summed E-state index contributed by atoms with van der Waals surface area (Å²) in [5.41, 5.74) is 1.74. The van der Waals surface area contributed by atoms with Gasteiger partial charge in [-0.3, -0.25) is 8.61 Å². The molecule has 126 valence electrons. The summed E-state index contributed by atoms with van der Waals surface area (Å²) in [4.78, 5) is 12.1. The fraction of sp³-hybridized carbons (Fsp3) is 0.533. The van der Waals surface area contributed by atoms with Gasteiger partial charge in [-0.2, -0.15) is 8.42 Å². The van der Waals surface area contributed by atoms with E-state index in [0.717, 1.165) is 25.7 Å². The summed E-state index contributed by atoms with van der Waals surface area (Å²) >= 11 is 0. The first-order chi connectivity index (χ1) is 10.9. The standard InChI is InChI=1S/C15H22N4O3S/c1-18-13-9-8-12(10-14(13)19(2)23(18,21)22)17-15(20)16-11-6-4-3-5-7-11/h8-11H,3-7H2,1-2H3,(H2,16,17,20). The summed E-state index contributed by atoms with van der Waals surface area (Å²) in [6.07, 6.45) is 5.57. The predicted molar refractivity (Wildman–Crippen MR) is 91.2 cm³/mol. The summed E-state index contributed by atoms with van der Waals surface area (Å²) < 4.78 is 26.6. The first-order valence-electron chi connectivity index (χ1n) is 7.84. The van der Waals surface area contributed by atoms with Crippen LogP contribution in [0.1, 0.15) is 32.1 Å². The highest BCUT2D eigenvalue weighted by Crippen LogP contribution is 2.40. The van der Waals surface area contributed by atoms with Gasteiger partial charge in [-0.1, -0.05) is 19.3 Å². The lowest BCUT2D eigenvalue weighted by Gasteiger charge is -2.23. The molecule has 1 aliphatic carbocycles. The van der Waals surface area contributed by atoms with Crippen LogP contribution in [0, 0.1) is 0 Å². The third kappa shape index (κ3) is 2.95. The Morgan fingerprint density at radius 3 is 2.43 bits per heavy atom. The zero-order valence-electron chi connectivity index (χ0n) is 13.4. The van der Waals surface area contributed by atoms with Crippen molar-refractivity contribution in [3.05, 3.63) is 18.2 Å². The van der Waals surface area contributed by atoms with Gasteiger partial charge in [0.05, 0.1) is 11.4 Å². The van der Waals surface area contributed by atoms with E-state index in [2.05, 4.69) is 10.6 Å². The third-order valence-corrected chi connectivity index (χ3v) is 6.32. The Labute approximate surface area is 136 Å². The quantitative estimate of drug-likeness (QED) is 0.868. The smallest absolute Gasteiger partial charge is 0.326 e. The van der Waals surface area contributed by atoms with E-state index in [4.69, 9.17) is 0 Å². The number of anilines is 3. The maximum absolute atomic E-state index is 12.1. The summed E-state index contributed by atoms with van der Waals surface area (Å²) in [7, 11) is -0.474. The Balaban J connectivity index is 1.71. The Morgan fingerprint density at radius 1 is 1.09 bits per heavy atom. The molecule has 0 radical (unpaired) electrons. The third-order valence-electron chi connectivity index (χ3n) is 4.54. The highest BCUT2D eigenvalue weighted by atomic mass is 32.2. The Bertz CT molecular complexity index is 713. The molecule has 1 saturated carbocycles. The van der Waals surface area contributed by atoms with Crippen molar-refractivity contribution < 1.29 is 13.2 Å². The monoisotopic (exact) mass is 338 g/mol. The molecule has 0 bridgehead atoms. The average Bonchev–Trinajstić information content (AvgIpc) is 2.69. The number of carbonyl (C=O) groups excluding carboxylic acids is 1. The lowest BCUT2D eigenvalue weighted by atomic mass is 9.96. The molecule has 7 nitrogen and oxygen atoms in total. The van der Waals surface area contributed by atoms with Crippen molar-refractivity contribution in [2.45, 2.75) is 38.1 Å². The summed E-state index contributed by atoms with van der Waals surface area (Å²) in [6.45, 7) is 0. The van der Waals surface area contributed by atoms with E-state index in [1.807, 2.05) is 0 Å². The molecule has 1 fully saturated rings. The SMILES string of the molecule is CN1c2ccc(NC(=O)NC3CCCCC3)cc2N(C)S1(=O)=O. The maximum atomic E-state index is 12.1. The molecule has 0 aromatic heterocycles. The number of rotatable bonds is 2. The zero-order valence-corrected chi connectivity index (χ0v) is 14.2. The van der Waals surface area contributed by atoms with E-state index in [1.54, 1.807) is 18.2 Å². The van der Waals surface area contributed by atoms with Gasteiger partial charge in [-0.25, -0.2) is 4.79 Å². The number of urea groups is 1. The summed E-state index contributed by atoms with van der Waals surface area (Å²) in [5, 5.41) is 5.77. The number of carbonyl (C=O) groups is 1. The second kappa shape index (κ2) is 5.92. The minimum atomic E-state index is -3.49. The second-order valence-electron chi connectivity index (χ2n) is 6.08. The van der Waals surface area contributed by atoms with Gasteiger partial charge < -0.3 is 10.6 Å². The maximum Gasteiger partial charge on any atom is 0.326 e. The van der Waals surface area contributed by atoms with Gasteiger partial charge in [-0.15, -0.1) is 0 Å². The molecule has 23 heavy (non-hydrogen) atoms. The van der Waals surface area contributed by atoms with Gasteiger partial charge >= 0.3 is 16.2 Å². The fourth-order valence-electron chi connectivity index (χ4n) is 3.15. The van der Waals surface area contributed by atoms with Gasteiger partial charge in [0, 0.05) is 25.8 Å². The van der Waals surface area contributed by atoms with Crippen molar-refractivity contribution in [2.75, 3.05) is 28.0 Å². The van der Waals surface area contributed by atoms with Crippen LogP contribution in [0.15, 0.2) is 18.2 Å². The molecule has 1 aliphatic heterocycles. The molecule has 1 aromatic rings. The van der Waals surface area contributed by atoms with E-state index < -0.39 is 10.2 Å². The largest absolute Gasteiger partial charge is 0.335 e. The van der Waals surface area contributed by atoms with Gasteiger partial charge in [0.15, 0.2) is 0 Å². The Kier molecular flexibility index (Phi) is 4.09. The number of benzene rings is 1. The second-order valence-corrected chi connectivity index (χ2v) is 8.07. The van der Waals surface area contributed by atoms with E-state index in [0.29, 0.717) is 17.1 Å². The minimum absolute atomic E-state index is 0.229. The molecule has 2 amide bonds. The fourth-order valence-corrected chi connectivity index (χ4v) is 4.32. The molecular weight excluding hydrogens is 316 g/mol. The molecule has 8 heteroatoms. The van der Waals surface area contributed by atoms with Crippen molar-refractivity contribution in [1.82, 2.24) is 5.32 Å². The van der Waals surface area contributed by atoms with Gasteiger partial charge in [0.25, 0.3) is 0 Å². The van der Waals surface area contributed by atoms with Crippen LogP contribution in [0.2, 0.25) is 0 Å². The predicted octanol–water partition coefficient (Wildman–Crippen LogP) is 2.27. The van der Waals surface area contributed by atoms with Crippen molar-refractivity contribution >= 4 is 33.3 Å². The number of hydrogen-bond donors (Lipinski definition) is 2. The van der Waals surface area contributed by atoms with Crippen LogP contribution >= 0.6 is 0 Å².